The van der Waals surface area contributed by atoms with Crippen molar-refractivity contribution in [2.24, 2.45) is 0 Å². The van der Waals surface area contributed by atoms with Gasteiger partial charge in [-0.1, -0.05) is 18.2 Å². The van der Waals surface area contributed by atoms with Crippen LogP contribution in [0.15, 0.2) is 60.9 Å². The number of aryl methyl sites for hydroxylation is 2. The summed E-state index contributed by atoms with van der Waals surface area (Å²) in [7, 11) is 1.63. The summed E-state index contributed by atoms with van der Waals surface area (Å²) in [5, 5.41) is 6.23. The Morgan fingerprint density at radius 1 is 0.963 bits per heavy atom. The smallest absolute Gasteiger partial charge is 0.253 e. The monoisotopic (exact) mass is 361 g/mol. The number of anilines is 2. The number of carbonyl (C=O) groups excluding carboxylic acids is 1. The van der Waals surface area contributed by atoms with E-state index in [-0.39, 0.29) is 5.91 Å². The van der Waals surface area contributed by atoms with Gasteiger partial charge in [-0.2, -0.15) is 0 Å². The lowest BCUT2D eigenvalue weighted by Gasteiger charge is -2.10. The summed E-state index contributed by atoms with van der Waals surface area (Å²) in [5.41, 5.74) is 5.62. The molecule has 27 heavy (non-hydrogen) atoms. The van der Waals surface area contributed by atoms with Gasteiger partial charge in [-0.25, -0.2) is 0 Å². The molecule has 2 N–H and O–H groups in total. The van der Waals surface area contributed by atoms with Crippen LogP contribution in [0.2, 0.25) is 0 Å². The Labute approximate surface area is 159 Å². The molecule has 0 atom stereocenters. The van der Waals surface area contributed by atoms with Crippen molar-refractivity contribution in [1.29, 1.82) is 0 Å². The summed E-state index contributed by atoms with van der Waals surface area (Å²) < 4.78 is 5.14. The molecule has 0 radical (unpaired) electrons. The molecule has 0 fully saturated rings. The fourth-order valence-electron chi connectivity index (χ4n) is 2.87. The minimum atomic E-state index is -0.164. The predicted molar refractivity (Wildman–Crippen MR) is 108 cm³/mol. The summed E-state index contributed by atoms with van der Waals surface area (Å²) in [6.07, 6.45) is 3.27. The van der Waals surface area contributed by atoms with Crippen LogP contribution >= 0.6 is 0 Å². The van der Waals surface area contributed by atoms with Crippen molar-refractivity contribution in [2.45, 2.75) is 20.4 Å². The second-order valence-corrected chi connectivity index (χ2v) is 6.49. The van der Waals surface area contributed by atoms with E-state index in [2.05, 4.69) is 47.7 Å². The quantitative estimate of drug-likeness (QED) is 0.684. The van der Waals surface area contributed by atoms with Gasteiger partial charge >= 0.3 is 0 Å². The van der Waals surface area contributed by atoms with E-state index in [4.69, 9.17) is 4.74 Å². The Hall–Kier alpha value is -3.34. The molecule has 0 bridgehead atoms. The average molecular weight is 361 g/mol. The summed E-state index contributed by atoms with van der Waals surface area (Å²) in [6.45, 7) is 4.55. The number of carbonyl (C=O) groups is 1. The summed E-state index contributed by atoms with van der Waals surface area (Å²) in [5.74, 6) is 0.627. The van der Waals surface area contributed by atoms with Gasteiger partial charge in [0.1, 0.15) is 5.75 Å². The molecule has 0 aliphatic carbocycles. The van der Waals surface area contributed by atoms with Crippen molar-refractivity contribution in [1.82, 2.24) is 10.3 Å². The number of ether oxygens (including phenoxy) is 1. The molecule has 0 aliphatic rings. The van der Waals surface area contributed by atoms with Crippen LogP contribution in [0, 0.1) is 13.8 Å². The fraction of sp³-hybridized carbons (Fsp3) is 0.182. The van der Waals surface area contributed by atoms with E-state index in [0.717, 1.165) is 22.7 Å². The highest BCUT2D eigenvalue weighted by atomic mass is 16.5. The van der Waals surface area contributed by atoms with Crippen LogP contribution in [-0.2, 0) is 6.54 Å². The van der Waals surface area contributed by atoms with Crippen molar-refractivity contribution in [3.05, 3.63) is 83.2 Å². The maximum Gasteiger partial charge on any atom is 0.253 e. The molecule has 0 aliphatic heterocycles. The maximum absolute atomic E-state index is 12.5. The Morgan fingerprint density at radius 2 is 1.67 bits per heavy atom. The molecule has 2 aromatic carbocycles. The lowest BCUT2D eigenvalue weighted by Crippen LogP contribution is -2.23. The lowest BCUT2D eigenvalue weighted by molar-refractivity contribution is 0.0950. The van der Waals surface area contributed by atoms with Gasteiger partial charge in [0.05, 0.1) is 24.6 Å². The third kappa shape index (κ3) is 5.07. The number of amides is 1. The number of aromatic nitrogens is 1. The van der Waals surface area contributed by atoms with Crippen molar-refractivity contribution >= 4 is 17.3 Å². The number of hydrogen-bond donors (Lipinski definition) is 2. The standard InChI is InChI=1S/C22H23N3O2/c1-15-8-16(2)10-19(9-15)25-20-11-18(13-23-14-20)22(26)24-12-17-4-6-21(27-3)7-5-17/h4-11,13-14,25H,12H2,1-3H3,(H,24,26). The highest BCUT2D eigenvalue weighted by molar-refractivity contribution is 5.94. The Balaban J connectivity index is 1.65. The number of nitrogens with zero attached hydrogens (tertiary/aromatic N) is 1. The van der Waals surface area contributed by atoms with E-state index in [1.807, 2.05) is 24.3 Å². The minimum Gasteiger partial charge on any atom is -0.497 e. The maximum atomic E-state index is 12.5. The highest BCUT2D eigenvalue weighted by Gasteiger charge is 2.08. The molecule has 5 nitrogen and oxygen atoms in total. The normalized spacial score (nSPS) is 10.3. The Bertz CT molecular complexity index is 916. The van der Waals surface area contributed by atoms with E-state index >= 15 is 0 Å². The Morgan fingerprint density at radius 3 is 2.33 bits per heavy atom. The van der Waals surface area contributed by atoms with Gasteiger partial charge in [-0.05, 0) is 60.9 Å². The van der Waals surface area contributed by atoms with Gasteiger partial charge in [0.2, 0.25) is 0 Å². The van der Waals surface area contributed by atoms with E-state index < -0.39 is 0 Å². The highest BCUT2D eigenvalue weighted by Crippen LogP contribution is 2.20. The zero-order valence-electron chi connectivity index (χ0n) is 15.7. The number of pyridine rings is 1. The number of hydrogen-bond acceptors (Lipinski definition) is 4. The van der Waals surface area contributed by atoms with Crippen LogP contribution < -0.4 is 15.4 Å². The molecule has 0 saturated carbocycles. The molecule has 3 aromatic rings. The lowest BCUT2D eigenvalue weighted by atomic mass is 10.1. The average Bonchev–Trinajstić information content (AvgIpc) is 2.66. The van der Waals surface area contributed by atoms with Crippen molar-refractivity contribution in [3.63, 3.8) is 0 Å². The molecule has 1 heterocycles. The largest absolute Gasteiger partial charge is 0.497 e. The van der Waals surface area contributed by atoms with E-state index in [1.165, 1.54) is 11.1 Å². The van der Waals surface area contributed by atoms with Crippen LogP contribution in [-0.4, -0.2) is 18.0 Å². The van der Waals surface area contributed by atoms with E-state index in [0.29, 0.717) is 12.1 Å². The summed E-state index contributed by atoms with van der Waals surface area (Å²) >= 11 is 0. The van der Waals surface area contributed by atoms with Crippen LogP contribution in [0.3, 0.4) is 0 Å². The van der Waals surface area contributed by atoms with Gasteiger partial charge in [0.25, 0.3) is 5.91 Å². The second-order valence-electron chi connectivity index (χ2n) is 6.49. The van der Waals surface area contributed by atoms with Crippen LogP contribution in [0.4, 0.5) is 11.4 Å². The first-order valence-electron chi connectivity index (χ1n) is 8.75. The Kier molecular flexibility index (Phi) is 5.71. The fourth-order valence-corrected chi connectivity index (χ4v) is 2.87. The van der Waals surface area contributed by atoms with Gasteiger partial charge < -0.3 is 15.4 Å². The molecule has 1 amide bonds. The zero-order valence-corrected chi connectivity index (χ0v) is 15.7. The van der Waals surface area contributed by atoms with E-state index in [1.54, 1.807) is 25.6 Å². The topological polar surface area (TPSA) is 63.2 Å². The molecule has 5 heteroatoms. The first-order chi connectivity index (χ1) is 13.0. The van der Waals surface area contributed by atoms with Crippen LogP contribution in [0.25, 0.3) is 0 Å². The number of nitrogens with one attached hydrogen (secondary N) is 2. The minimum absolute atomic E-state index is 0.164. The van der Waals surface area contributed by atoms with Crippen molar-refractivity contribution in [3.8, 4) is 5.75 Å². The summed E-state index contributed by atoms with van der Waals surface area (Å²) in [4.78, 5) is 16.6. The SMILES string of the molecule is COc1ccc(CNC(=O)c2cncc(Nc3cc(C)cc(C)c3)c2)cc1. The number of benzene rings is 2. The summed E-state index contributed by atoms with van der Waals surface area (Å²) in [6, 6.07) is 15.6. The molecule has 0 spiro atoms. The molecule has 1 aromatic heterocycles. The van der Waals surface area contributed by atoms with Gasteiger partial charge in [0, 0.05) is 18.4 Å². The zero-order chi connectivity index (χ0) is 19.2. The first kappa shape index (κ1) is 18.5. The number of methoxy groups -OCH3 is 1. The van der Waals surface area contributed by atoms with Gasteiger partial charge in [-0.3, -0.25) is 9.78 Å². The van der Waals surface area contributed by atoms with Crippen LogP contribution in [0.1, 0.15) is 27.0 Å². The third-order valence-electron chi connectivity index (χ3n) is 4.12. The second kappa shape index (κ2) is 8.36. The third-order valence-corrected chi connectivity index (χ3v) is 4.12. The van der Waals surface area contributed by atoms with E-state index in [9.17, 15) is 4.79 Å². The molecule has 0 unspecified atom stereocenters. The number of rotatable bonds is 6. The molecular formula is C22H23N3O2. The first-order valence-corrected chi connectivity index (χ1v) is 8.75. The van der Waals surface area contributed by atoms with Crippen LogP contribution in [0.5, 0.6) is 5.75 Å². The molecule has 0 saturated heterocycles. The van der Waals surface area contributed by atoms with Gasteiger partial charge in [-0.15, -0.1) is 0 Å². The van der Waals surface area contributed by atoms with Crippen molar-refractivity contribution in [2.75, 3.05) is 12.4 Å². The van der Waals surface area contributed by atoms with Crippen molar-refractivity contribution < 1.29 is 9.53 Å². The molecular weight excluding hydrogens is 338 g/mol. The van der Waals surface area contributed by atoms with Gasteiger partial charge in [0.15, 0.2) is 0 Å². The molecule has 3 rings (SSSR count). The predicted octanol–water partition coefficient (Wildman–Crippen LogP) is 4.38. The molecule has 138 valence electrons.